The number of amides is 2. The van der Waals surface area contributed by atoms with Crippen LogP contribution in [0.25, 0.3) is 0 Å². The van der Waals surface area contributed by atoms with Gasteiger partial charge in [-0.1, -0.05) is 17.7 Å². The molecule has 2 atom stereocenters. The zero-order valence-electron chi connectivity index (χ0n) is 21.2. The Labute approximate surface area is 233 Å². The lowest BCUT2D eigenvalue weighted by Crippen LogP contribution is -2.28. The molecular formula is C25H25ClF2N5O6P. The number of fused-ring (bicyclic) bond motifs is 1. The van der Waals surface area contributed by atoms with Crippen molar-refractivity contribution < 1.29 is 36.7 Å². The average Bonchev–Trinajstić information content (AvgIpc) is 3.55. The van der Waals surface area contributed by atoms with Crippen molar-refractivity contribution in [1.29, 1.82) is 0 Å². The standard InChI is InChI=1S/C25H25ClF2N5O6P/c1-3-10-38-40(2,36)39-14-33-13-29-22(32-33)12-37-25(35)31-21-9-6-16-17(5-8-20(28)23(16)21)24(34)30-15-4-7-19(27)18(26)11-15/h3-5,7-8,11,13,21H,1,6,9-10,12,14H2,2H3,(H,30,34)(H,31,35)/t21-,40?/m0/s1. The molecule has 1 unspecified atom stereocenters. The predicted octanol–water partition coefficient (Wildman–Crippen LogP) is 5.38. The maximum Gasteiger partial charge on any atom is 0.408 e. The molecule has 2 N–H and O–H groups in total. The largest absolute Gasteiger partial charge is 0.441 e. The van der Waals surface area contributed by atoms with Gasteiger partial charge in [-0.3, -0.25) is 13.9 Å². The van der Waals surface area contributed by atoms with E-state index in [1.165, 1.54) is 41.9 Å². The quantitative estimate of drug-likeness (QED) is 0.223. The van der Waals surface area contributed by atoms with Gasteiger partial charge in [0.15, 0.2) is 12.4 Å². The average molecular weight is 596 g/mol. The van der Waals surface area contributed by atoms with Gasteiger partial charge in [0.2, 0.25) is 0 Å². The van der Waals surface area contributed by atoms with E-state index in [0.29, 0.717) is 18.4 Å². The highest BCUT2D eigenvalue weighted by molar-refractivity contribution is 7.52. The number of ether oxygens (including phenoxy) is 1. The normalized spacial score (nSPS) is 15.7. The molecule has 0 spiro atoms. The molecule has 0 fully saturated rings. The Morgan fingerprint density at radius 2 is 2.02 bits per heavy atom. The molecule has 3 aromatic rings. The van der Waals surface area contributed by atoms with Gasteiger partial charge >= 0.3 is 13.7 Å². The molecule has 4 rings (SSSR count). The van der Waals surface area contributed by atoms with Crippen LogP contribution >= 0.6 is 19.2 Å². The van der Waals surface area contributed by atoms with E-state index in [2.05, 4.69) is 27.3 Å². The highest BCUT2D eigenvalue weighted by atomic mass is 35.5. The third kappa shape index (κ3) is 7.30. The van der Waals surface area contributed by atoms with Gasteiger partial charge in [-0.2, -0.15) is 5.10 Å². The third-order valence-corrected chi connectivity index (χ3v) is 7.31. The number of alkyl carbamates (subject to hydrolysis) is 1. The minimum atomic E-state index is -3.31. The number of aromatic nitrogens is 3. The number of hydrogen-bond donors (Lipinski definition) is 2. The molecule has 15 heteroatoms. The summed E-state index contributed by atoms with van der Waals surface area (Å²) in [7, 11) is -3.31. The first-order chi connectivity index (χ1) is 19.1. The number of hydrogen-bond acceptors (Lipinski definition) is 8. The van der Waals surface area contributed by atoms with Gasteiger partial charge in [-0.25, -0.2) is 23.2 Å². The molecule has 1 heterocycles. The molecule has 212 valence electrons. The monoisotopic (exact) mass is 595 g/mol. The summed E-state index contributed by atoms with van der Waals surface area (Å²) in [6, 6.07) is 5.51. The first-order valence-electron chi connectivity index (χ1n) is 11.9. The topological polar surface area (TPSA) is 134 Å². The van der Waals surface area contributed by atoms with Crippen LogP contribution in [0.5, 0.6) is 0 Å². The van der Waals surface area contributed by atoms with Crippen molar-refractivity contribution in [2.75, 3.05) is 18.6 Å². The van der Waals surface area contributed by atoms with Gasteiger partial charge in [-0.05, 0) is 48.7 Å². The summed E-state index contributed by atoms with van der Waals surface area (Å²) in [4.78, 5) is 29.3. The lowest BCUT2D eigenvalue weighted by atomic mass is 10.0. The van der Waals surface area contributed by atoms with E-state index in [0.717, 1.165) is 12.1 Å². The summed E-state index contributed by atoms with van der Waals surface area (Å²) >= 11 is 5.78. The van der Waals surface area contributed by atoms with E-state index in [-0.39, 0.29) is 47.6 Å². The van der Waals surface area contributed by atoms with E-state index in [4.69, 9.17) is 25.4 Å². The predicted molar refractivity (Wildman–Crippen MR) is 141 cm³/mol. The van der Waals surface area contributed by atoms with Gasteiger partial charge in [0.05, 0.1) is 17.7 Å². The molecule has 1 aromatic heterocycles. The SMILES string of the molecule is C=CCOP(C)(=O)OCn1cnc(COC(=O)N[C@H]2CCc3c(C(=O)Nc4ccc(F)c(Cl)c4)ccc(F)c32)n1. The number of benzene rings is 2. The molecule has 0 radical (unpaired) electrons. The van der Waals surface area contributed by atoms with Crippen molar-refractivity contribution in [2.45, 2.75) is 32.2 Å². The lowest BCUT2D eigenvalue weighted by Gasteiger charge is -2.16. The third-order valence-electron chi connectivity index (χ3n) is 5.82. The maximum atomic E-state index is 14.8. The second kappa shape index (κ2) is 12.7. The number of halogens is 3. The van der Waals surface area contributed by atoms with Crippen molar-refractivity contribution in [3.05, 3.63) is 88.5 Å². The van der Waals surface area contributed by atoms with Crippen molar-refractivity contribution >= 4 is 36.9 Å². The lowest BCUT2D eigenvalue weighted by molar-refractivity contribution is 0.102. The molecular weight excluding hydrogens is 571 g/mol. The van der Waals surface area contributed by atoms with E-state index in [1.54, 1.807) is 0 Å². The second-order valence-corrected chi connectivity index (χ2v) is 11.2. The molecule has 2 aromatic carbocycles. The van der Waals surface area contributed by atoms with E-state index in [9.17, 15) is 22.9 Å². The van der Waals surface area contributed by atoms with Crippen LogP contribution in [0.2, 0.25) is 5.02 Å². The number of carbonyl (C=O) groups is 2. The van der Waals surface area contributed by atoms with Crippen LogP contribution in [0.3, 0.4) is 0 Å². The molecule has 1 aliphatic carbocycles. The van der Waals surface area contributed by atoms with Crippen LogP contribution in [0.15, 0.2) is 49.3 Å². The fourth-order valence-corrected chi connectivity index (χ4v) is 4.97. The zero-order valence-corrected chi connectivity index (χ0v) is 22.9. The Bertz CT molecular complexity index is 1490. The number of nitrogens with one attached hydrogen (secondary N) is 2. The first-order valence-corrected chi connectivity index (χ1v) is 14.3. The highest BCUT2D eigenvalue weighted by Gasteiger charge is 2.31. The summed E-state index contributed by atoms with van der Waals surface area (Å²) in [5.41, 5.74) is 1.13. The second-order valence-electron chi connectivity index (χ2n) is 8.70. The number of carbonyl (C=O) groups excluding carboxylic acids is 2. The molecule has 0 saturated carbocycles. The van der Waals surface area contributed by atoms with Crippen molar-refractivity contribution in [2.24, 2.45) is 0 Å². The molecule has 0 bridgehead atoms. The number of nitrogens with zero attached hydrogens (tertiary/aromatic N) is 3. The summed E-state index contributed by atoms with van der Waals surface area (Å²) in [5, 5.41) is 9.14. The van der Waals surface area contributed by atoms with Crippen LogP contribution in [-0.2, 0) is 38.1 Å². The Hall–Kier alpha value is -3.64. The van der Waals surface area contributed by atoms with Crippen LogP contribution in [0.1, 0.15) is 39.8 Å². The molecule has 1 aliphatic rings. The van der Waals surface area contributed by atoms with Crippen LogP contribution in [0.4, 0.5) is 19.3 Å². The Kier molecular flexibility index (Phi) is 9.31. The maximum absolute atomic E-state index is 14.8. The van der Waals surface area contributed by atoms with E-state index in [1.807, 2.05) is 0 Å². The molecule has 11 nitrogen and oxygen atoms in total. The fourth-order valence-electron chi connectivity index (χ4n) is 4.01. The highest BCUT2D eigenvalue weighted by Crippen LogP contribution is 2.44. The van der Waals surface area contributed by atoms with Gasteiger partial charge in [0.1, 0.15) is 24.7 Å². The number of anilines is 1. The fraction of sp³-hybridized carbons (Fsp3) is 0.280. The van der Waals surface area contributed by atoms with Crippen molar-refractivity contribution in [1.82, 2.24) is 20.1 Å². The first kappa shape index (κ1) is 29.3. The Balaban J connectivity index is 1.34. The van der Waals surface area contributed by atoms with Gasteiger partial charge in [-0.15, -0.1) is 6.58 Å². The minimum Gasteiger partial charge on any atom is -0.441 e. The summed E-state index contributed by atoms with van der Waals surface area (Å²) in [6.07, 6.45) is 2.57. The van der Waals surface area contributed by atoms with E-state index >= 15 is 0 Å². The van der Waals surface area contributed by atoms with Crippen molar-refractivity contribution in [3.63, 3.8) is 0 Å². The van der Waals surface area contributed by atoms with Gasteiger partial charge in [0, 0.05) is 23.5 Å². The summed E-state index contributed by atoms with van der Waals surface area (Å²) in [6.45, 7) is 4.35. The summed E-state index contributed by atoms with van der Waals surface area (Å²) < 4.78 is 57.0. The summed E-state index contributed by atoms with van der Waals surface area (Å²) in [5.74, 6) is -1.58. The van der Waals surface area contributed by atoms with Gasteiger partial charge < -0.3 is 19.9 Å². The van der Waals surface area contributed by atoms with Crippen LogP contribution < -0.4 is 10.6 Å². The minimum absolute atomic E-state index is 0.0640. The van der Waals surface area contributed by atoms with Crippen molar-refractivity contribution in [3.8, 4) is 0 Å². The molecule has 40 heavy (non-hydrogen) atoms. The molecule has 0 saturated heterocycles. The molecule has 0 aliphatic heterocycles. The molecule has 2 amide bonds. The number of rotatable bonds is 11. The zero-order chi connectivity index (χ0) is 28.9. The smallest absolute Gasteiger partial charge is 0.408 e. The Morgan fingerprint density at radius 3 is 2.77 bits per heavy atom. The van der Waals surface area contributed by atoms with Crippen LogP contribution in [-0.4, -0.2) is 40.0 Å². The Morgan fingerprint density at radius 1 is 1.25 bits per heavy atom. The van der Waals surface area contributed by atoms with E-state index < -0.39 is 37.3 Å². The van der Waals surface area contributed by atoms with Gasteiger partial charge in [0.25, 0.3) is 5.91 Å². The van der Waals surface area contributed by atoms with Crippen LogP contribution in [0, 0.1) is 11.6 Å².